The molecule has 0 bridgehead atoms. The highest BCUT2D eigenvalue weighted by molar-refractivity contribution is 5.08. The summed E-state index contributed by atoms with van der Waals surface area (Å²) in [5.74, 6) is 1.30. The Balaban J connectivity index is 0.000000371. The SMILES string of the molecule is CC.COc1cc(C)on1. The van der Waals surface area contributed by atoms with Crippen molar-refractivity contribution in [2.24, 2.45) is 0 Å². The van der Waals surface area contributed by atoms with Crippen molar-refractivity contribution in [2.75, 3.05) is 7.11 Å². The maximum Gasteiger partial charge on any atom is 0.254 e. The summed E-state index contributed by atoms with van der Waals surface area (Å²) in [6.45, 7) is 5.82. The molecule has 0 aliphatic carbocycles. The molecule has 1 rings (SSSR count). The third-order valence-corrected chi connectivity index (χ3v) is 0.815. The average Bonchev–Trinajstić information content (AvgIpc) is 2.40. The summed E-state index contributed by atoms with van der Waals surface area (Å²) in [7, 11) is 1.55. The lowest BCUT2D eigenvalue weighted by atomic mass is 10.5. The Hall–Kier alpha value is -0.990. The molecule has 3 heteroatoms. The first-order chi connectivity index (χ1) is 4.83. The molecule has 1 aromatic heterocycles. The normalized spacial score (nSPS) is 8.00. The highest BCUT2D eigenvalue weighted by Gasteiger charge is 1.94. The molecule has 3 nitrogen and oxygen atoms in total. The second-order valence-corrected chi connectivity index (χ2v) is 1.48. The van der Waals surface area contributed by atoms with Crippen molar-refractivity contribution in [1.82, 2.24) is 5.16 Å². The molecule has 0 aromatic carbocycles. The van der Waals surface area contributed by atoms with E-state index in [9.17, 15) is 0 Å². The molecule has 58 valence electrons. The van der Waals surface area contributed by atoms with E-state index in [2.05, 4.69) is 9.68 Å². The zero-order valence-corrected chi connectivity index (χ0v) is 6.84. The van der Waals surface area contributed by atoms with Crippen molar-refractivity contribution < 1.29 is 9.26 Å². The lowest BCUT2D eigenvalue weighted by molar-refractivity contribution is 0.331. The molecule has 0 unspecified atom stereocenters. The molecule has 0 spiro atoms. The van der Waals surface area contributed by atoms with E-state index >= 15 is 0 Å². The van der Waals surface area contributed by atoms with Crippen LogP contribution < -0.4 is 4.74 Å². The largest absolute Gasteiger partial charge is 0.479 e. The van der Waals surface area contributed by atoms with Crippen LogP contribution in [-0.2, 0) is 0 Å². The number of aromatic nitrogens is 1. The summed E-state index contributed by atoms with van der Waals surface area (Å²) < 4.78 is 9.41. The fourth-order valence-corrected chi connectivity index (χ4v) is 0.440. The number of methoxy groups -OCH3 is 1. The second-order valence-electron chi connectivity index (χ2n) is 1.48. The van der Waals surface area contributed by atoms with Crippen LogP contribution in [0.15, 0.2) is 10.6 Å². The summed E-state index contributed by atoms with van der Waals surface area (Å²) in [6.07, 6.45) is 0. The molecule has 0 aliphatic rings. The number of hydrogen-bond acceptors (Lipinski definition) is 3. The fraction of sp³-hybridized carbons (Fsp3) is 0.571. The first-order valence-electron chi connectivity index (χ1n) is 3.30. The van der Waals surface area contributed by atoms with Gasteiger partial charge in [-0.05, 0) is 12.1 Å². The van der Waals surface area contributed by atoms with Gasteiger partial charge in [0.15, 0.2) is 0 Å². The van der Waals surface area contributed by atoms with E-state index in [0.717, 1.165) is 5.76 Å². The molecule has 0 saturated carbocycles. The van der Waals surface area contributed by atoms with Crippen LogP contribution in [0.2, 0.25) is 0 Å². The van der Waals surface area contributed by atoms with Gasteiger partial charge in [-0.2, -0.15) is 0 Å². The summed E-state index contributed by atoms with van der Waals surface area (Å²) in [6, 6.07) is 1.72. The van der Waals surface area contributed by atoms with Gasteiger partial charge in [0.2, 0.25) is 0 Å². The molecular formula is C7H13NO2. The van der Waals surface area contributed by atoms with Gasteiger partial charge in [0.1, 0.15) is 5.76 Å². The minimum absolute atomic E-state index is 0.530. The number of nitrogens with zero attached hydrogens (tertiary/aromatic N) is 1. The maximum absolute atomic E-state index is 4.73. The molecule has 0 amide bonds. The molecule has 1 heterocycles. The standard InChI is InChI=1S/C5H7NO2.C2H6/c1-4-3-5(7-2)6-8-4;1-2/h3H,1-2H3;1-2H3. The van der Waals surface area contributed by atoms with Gasteiger partial charge in [0.05, 0.1) is 7.11 Å². The van der Waals surface area contributed by atoms with E-state index in [-0.39, 0.29) is 0 Å². The Bertz CT molecular complexity index is 172. The van der Waals surface area contributed by atoms with E-state index in [4.69, 9.17) is 4.74 Å². The second kappa shape index (κ2) is 4.85. The minimum Gasteiger partial charge on any atom is -0.479 e. The monoisotopic (exact) mass is 143 g/mol. The maximum atomic E-state index is 4.73. The molecule has 0 saturated heterocycles. The Morgan fingerprint density at radius 2 is 2.10 bits per heavy atom. The molecule has 1 aromatic rings. The molecule has 0 radical (unpaired) electrons. The molecule has 0 atom stereocenters. The molecule has 0 N–H and O–H groups in total. The number of aryl methyl sites for hydroxylation is 1. The highest BCUT2D eigenvalue weighted by Crippen LogP contribution is 2.07. The van der Waals surface area contributed by atoms with E-state index in [1.165, 1.54) is 0 Å². The van der Waals surface area contributed by atoms with Crippen molar-refractivity contribution >= 4 is 0 Å². The number of hydrogen-bond donors (Lipinski definition) is 0. The van der Waals surface area contributed by atoms with Crippen LogP contribution in [0, 0.1) is 6.92 Å². The van der Waals surface area contributed by atoms with E-state index in [1.807, 2.05) is 20.8 Å². The third kappa shape index (κ3) is 2.53. The van der Waals surface area contributed by atoms with Gasteiger partial charge in [-0.25, -0.2) is 0 Å². The van der Waals surface area contributed by atoms with Crippen LogP contribution in [0.25, 0.3) is 0 Å². The number of rotatable bonds is 1. The van der Waals surface area contributed by atoms with Crippen LogP contribution >= 0.6 is 0 Å². The molecular weight excluding hydrogens is 130 g/mol. The minimum atomic E-state index is 0.530. The highest BCUT2D eigenvalue weighted by atomic mass is 16.5. The lowest BCUT2D eigenvalue weighted by Crippen LogP contribution is -1.78. The van der Waals surface area contributed by atoms with Gasteiger partial charge < -0.3 is 9.26 Å². The molecule has 0 aliphatic heterocycles. The Morgan fingerprint density at radius 1 is 1.50 bits per heavy atom. The summed E-state index contributed by atoms with van der Waals surface area (Å²) in [5.41, 5.74) is 0. The van der Waals surface area contributed by atoms with Gasteiger partial charge in [-0.3, -0.25) is 0 Å². The summed E-state index contributed by atoms with van der Waals surface area (Å²) in [5, 5.41) is 3.54. The number of ether oxygens (including phenoxy) is 1. The van der Waals surface area contributed by atoms with Crippen LogP contribution in [0.4, 0.5) is 0 Å². The van der Waals surface area contributed by atoms with Gasteiger partial charge in [0.25, 0.3) is 5.88 Å². The molecule has 0 fully saturated rings. The van der Waals surface area contributed by atoms with E-state index in [1.54, 1.807) is 13.2 Å². The lowest BCUT2D eigenvalue weighted by Gasteiger charge is -1.83. The first-order valence-corrected chi connectivity index (χ1v) is 3.30. The van der Waals surface area contributed by atoms with Crippen LogP contribution in [0.1, 0.15) is 19.6 Å². The topological polar surface area (TPSA) is 35.3 Å². The Kier molecular flexibility index (Phi) is 4.37. The smallest absolute Gasteiger partial charge is 0.254 e. The van der Waals surface area contributed by atoms with Crippen LogP contribution in [-0.4, -0.2) is 12.3 Å². The Morgan fingerprint density at radius 3 is 2.30 bits per heavy atom. The zero-order chi connectivity index (χ0) is 7.98. The van der Waals surface area contributed by atoms with Crippen LogP contribution in [0.3, 0.4) is 0 Å². The van der Waals surface area contributed by atoms with Gasteiger partial charge in [0, 0.05) is 6.07 Å². The van der Waals surface area contributed by atoms with Crippen molar-refractivity contribution in [3.8, 4) is 5.88 Å². The van der Waals surface area contributed by atoms with Crippen molar-refractivity contribution in [3.63, 3.8) is 0 Å². The predicted molar refractivity (Wildman–Crippen MR) is 39.1 cm³/mol. The molecule has 10 heavy (non-hydrogen) atoms. The van der Waals surface area contributed by atoms with Gasteiger partial charge >= 0.3 is 0 Å². The van der Waals surface area contributed by atoms with Gasteiger partial charge in [-0.15, -0.1) is 0 Å². The quantitative estimate of drug-likeness (QED) is 0.603. The van der Waals surface area contributed by atoms with Crippen molar-refractivity contribution in [3.05, 3.63) is 11.8 Å². The van der Waals surface area contributed by atoms with Crippen molar-refractivity contribution in [1.29, 1.82) is 0 Å². The van der Waals surface area contributed by atoms with Crippen molar-refractivity contribution in [2.45, 2.75) is 20.8 Å². The average molecular weight is 143 g/mol. The van der Waals surface area contributed by atoms with E-state index < -0.39 is 0 Å². The van der Waals surface area contributed by atoms with E-state index in [0.29, 0.717) is 5.88 Å². The Labute approximate surface area is 61.0 Å². The summed E-state index contributed by atoms with van der Waals surface area (Å²) >= 11 is 0. The summed E-state index contributed by atoms with van der Waals surface area (Å²) in [4.78, 5) is 0. The van der Waals surface area contributed by atoms with Crippen LogP contribution in [0.5, 0.6) is 5.88 Å². The zero-order valence-electron chi connectivity index (χ0n) is 6.84. The fourth-order valence-electron chi connectivity index (χ4n) is 0.440. The first kappa shape index (κ1) is 9.01. The van der Waals surface area contributed by atoms with Gasteiger partial charge in [-0.1, -0.05) is 13.8 Å². The predicted octanol–water partition coefficient (Wildman–Crippen LogP) is 2.02. The third-order valence-electron chi connectivity index (χ3n) is 0.815.